The minimum Gasteiger partial charge on any atom is -0.480 e. The van der Waals surface area contributed by atoms with Gasteiger partial charge in [-0.2, -0.15) is 0 Å². The number of aliphatic carboxylic acids is 1. The van der Waals surface area contributed by atoms with Crippen molar-refractivity contribution in [2.75, 3.05) is 6.54 Å². The van der Waals surface area contributed by atoms with Crippen LogP contribution in [0.5, 0.6) is 0 Å². The minimum atomic E-state index is -3.69. The highest BCUT2D eigenvalue weighted by Crippen LogP contribution is 2.21. The molecule has 0 bridgehead atoms. The summed E-state index contributed by atoms with van der Waals surface area (Å²) in [6, 6.07) is -0.719. The minimum absolute atomic E-state index is 0.467. The second-order valence-corrected chi connectivity index (χ2v) is 5.28. The Labute approximate surface area is 82.7 Å². The Morgan fingerprint density at radius 3 is 2.64 bits per heavy atom. The molecule has 3 N–H and O–H groups in total. The maximum absolute atomic E-state index is 11.0. The van der Waals surface area contributed by atoms with Crippen molar-refractivity contribution < 1.29 is 18.3 Å². The molecule has 0 aromatic carbocycles. The molecule has 1 heterocycles. The third kappa shape index (κ3) is 2.23. The first kappa shape index (κ1) is 11.4. The van der Waals surface area contributed by atoms with Gasteiger partial charge >= 0.3 is 5.97 Å². The smallest absolute Gasteiger partial charge is 0.320 e. The van der Waals surface area contributed by atoms with Crippen LogP contribution < -0.4 is 5.14 Å². The number of nitrogens with zero attached hydrogens (tertiary/aromatic N) is 1. The molecule has 0 radical (unpaired) electrons. The molecule has 1 aliphatic heterocycles. The molecule has 1 aliphatic rings. The van der Waals surface area contributed by atoms with Crippen molar-refractivity contribution in [2.45, 2.75) is 31.2 Å². The van der Waals surface area contributed by atoms with E-state index >= 15 is 0 Å². The number of likely N-dealkylation sites (tertiary alicyclic amines) is 1. The van der Waals surface area contributed by atoms with Crippen molar-refractivity contribution in [3.63, 3.8) is 0 Å². The summed E-state index contributed by atoms with van der Waals surface area (Å²) in [6.07, 6.45) is 1.17. The number of nitrogens with two attached hydrogens (primary N) is 1. The summed E-state index contributed by atoms with van der Waals surface area (Å²) in [5.74, 6) is -0.988. The fraction of sp³-hybridized carbons (Fsp3) is 0.857. The number of carboxylic acids is 1. The SMILES string of the molecule is CC(N1CCC[C@H]1C(=O)O)S(N)(=O)=O. The lowest BCUT2D eigenvalue weighted by Gasteiger charge is -2.26. The maximum atomic E-state index is 11.0. The van der Waals surface area contributed by atoms with Crippen molar-refractivity contribution in [1.29, 1.82) is 0 Å². The molecule has 1 saturated heterocycles. The standard InChI is InChI=1S/C7H14N2O4S/c1-5(14(8,12)13)9-4-2-3-6(9)7(10)11/h5-6H,2-4H2,1H3,(H,10,11)(H2,8,12,13)/t5?,6-/m0/s1. The summed E-state index contributed by atoms with van der Waals surface area (Å²) in [5.41, 5.74) is 0. The summed E-state index contributed by atoms with van der Waals surface area (Å²) < 4.78 is 22.1. The first-order chi connectivity index (χ1) is 6.34. The topological polar surface area (TPSA) is 101 Å². The van der Waals surface area contributed by atoms with E-state index in [4.69, 9.17) is 10.2 Å². The van der Waals surface area contributed by atoms with E-state index in [0.717, 1.165) is 0 Å². The number of rotatable bonds is 3. The highest BCUT2D eigenvalue weighted by atomic mass is 32.2. The number of carboxylic acid groups (broad SMARTS) is 1. The van der Waals surface area contributed by atoms with E-state index in [1.165, 1.54) is 11.8 Å². The zero-order valence-corrected chi connectivity index (χ0v) is 8.70. The van der Waals surface area contributed by atoms with Crippen LogP contribution in [0, 0.1) is 0 Å². The van der Waals surface area contributed by atoms with Gasteiger partial charge in [-0.3, -0.25) is 9.69 Å². The van der Waals surface area contributed by atoms with E-state index in [9.17, 15) is 13.2 Å². The molecule has 0 amide bonds. The number of hydrogen-bond acceptors (Lipinski definition) is 4. The molecule has 7 heteroatoms. The third-order valence-electron chi connectivity index (χ3n) is 2.52. The Balaban J connectivity index is 2.82. The van der Waals surface area contributed by atoms with Crippen LogP contribution in [0.25, 0.3) is 0 Å². The Bertz CT molecular complexity index is 327. The average Bonchev–Trinajstić information content (AvgIpc) is 2.48. The molecule has 2 atom stereocenters. The molecule has 82 valence electrons. The van der Waals surface area contributed by atoms with Gasteiger partial charge in [0, 0.05) is 6.54 Å². The molecule has 14 heavy (non-hydrogen) atoms. The largest absolute Gasteiger partial charge is 0.480 e. The Morgan fingerprint density at radius 1 is 1.64 bits per heavy atom. The monoisotopic (exact) mass is 222 g/mol. The van der Waals surface area contributed by atoms with Crippen LogP contribution in [0.3, 0.4) is 0 Å². The predicted octanol–water partition coefficient (Wildman–Crippen LogP) is -0.830. The van der Waals surface area contributed by atoms with Crippen molar-refractivity contribution in [3.8, 4) is 0 Å². The average molecular weight is 222 g/mol. The predicted molar refractivity (Wildman–Crippen MR) is 49.9 cm³/mol. The second kappa shape index (κ2) is 3.84. The molecule has 0 spiro atoms. The quantitative estimate of drug-likeness (QED) is 0.649. The van der Waals surface area contributed by atoms with E-state index in [1.807, 2.05) is 0 Å². The van der Waals surface area contributed by atoms with Gasteiger partial charge in [-0.15, -0.1) is 0 Å². The fourth-order valence-corrected chi connectivity index (χ4v) is 2.31. The lowest BCUT2D eigenvalue weighted by Crippen LogP contribution is -2.47. The van der Waals surface area contributed by atoms with Gasteiger partial charge in [-0.1, -0.05) is 0 Å². The van der Waals surface area contributed by atoms with Gasteiger partial charge in [0.05, 0.1) is 0 Å². The third-order valence-corrected chi connectivity index (χ3v) is 3.74. The molecular formula is C7H14N2O4S. The number of sulfonamides is 1. The van der Waals surface area contributed by atoms with Gasteiger partial charge in [0.15, 0.2) is 0 Å². The molecule has 1 unspecified atom stereocenters. The lowest BCUT2D eigenvalue weighted by atomic mass is 10.2. The first-order valence-corrected chi connectivity index (χ1v) is 5.95. The number of carbonyl (C=O) groups is 1. The molecule has 0 aromatic rings. The van der Waals surface area contributed by atoms with Crippen LogP contribution in [0.15, 0.2) is 0 Å². The van der Waals surface area contributed by atoms with E-state index in [-0.39, 0.29) is 0 Å². The molecule has 0 aromatic heterocycles. The lowest BCUT2D eigenvalue weighted by molar-refractivity contribution is -0.142. The van der Waals surface area contributed by atoms with E-state index in [2.05, 4.69) is 0 Å². The van der Waals surface area contributed by atoms with Crippen LogP contribution in [-0.4, -0.2) is 42.4 Å². The normalized spacial score (nSPS) is 26.3. The zero-order valence-electron chi connectivity index (χ0n) is 7.88. The molecule has 0 aliphatic carbocycles. The second-order valence-electron chi connectivity index (χ2n) is 3.42. The molecular weight excluding hydrogens is 208 g/mol. The Morgan fingerprint density at radius 2 is 2.21 bits per heavy atom. The summed E-state index contributed by atoms with van der Waals surface area (Å²) in [7, 11) is -3.69. The van der Waals surface area contributed by atoms with Crippen molar-refractivity contribution in [2.24, 2.45) is 5.14 Å². The van der Waals surface area contributed by atoms with Crippen LogP contribution in [-0.2, 0) is 14.8 Å². The summed E-state index contributed by atoms with van der Waals surface area (Å²) in [4.78, 5) is 12.2. The van der Waals surface area contributed by atoms with E-state index < -0.39 is 27.4 Å². The van der Waals surface area contributed by atoms with Gasteiger partial charge in [-0.25, -0.2) is 13.6 Å². The number of primary sulfonamides is 1. The van der Waals surface area contributed by atoms with Crippen LogP contribution in [0.2, 0.25) is 0 Å². The summed E-state index contributed by atoms with van der Waals surface area (Å²) >= 11 is 0. The Kier molecular flexibility index (Phi) is 3.13. The van der Waals surface area contributed by atoms with E-state index in [0.29, 0.717) is 19.4 Å². The molecule has 1 fully saturated rings. The van der Waals surface area contributed by atoms with Gasteiger partial charge < -0.3 is 5.11 Å². The van der Waals surface area contributed by atoms with E-state index in [1.54, 1.807) is 0 Å². The zero-order chi connectivity index (χ0) is 10.9. The van der Waals surface area contributed by atoms with Gasteiger partial charge in [0.25, 0.3) is 0 Å². The van der Waals surface area contributed by atoms with Crippen LogP contribution in [0.4, 0.5) is 0 Å². The van der Waals surface area contributed by atoms with Crippen LogP contribution in [0.1, 0.15) is 19.8 Å². The molecule has 1 rings (SSSR count). The van der Waals surface area contributed by atoms with Crippen molar-refractivity contribution in [1.82, 2.24) is 4.90 Å². The maximum Gasteiger partial charge on any atom is 0.320 e. The first-order valence-electron chi connectivity index (χ1n) is 4.34. The highest BCUT2D eigenvalue weighted by Gasteiger charge is 2.37. The fourth-order valence-electron chi connectivity index (χ4n) is 1.68. The molecule has 0 saturated carbocycles. The summed E-state index contributed by atoms with van der Waals surface area (Å²) in [5, 5.41) is 12.9. The Hall–Kier alpha value is -0.660. The van der Waals surface area contributed by atoms with Gasteiger partial charge in [0.2, 0.25) is 10.0 Å². The van der Waals surface area contributed by atoms with Crippen molar-refractivity contribution in [3.05, 3.63) is 0 Å². The van der Waals surface area contributed by atoms with Gasteiger partial charge in [-0.05, 0) is 19.8 Å². The highest BCUT2D eigenvalue weighted by molar-refractivity contribution is 7.89. The number of hydrogen-bond donors (Lipinski definition) is 2. The van der Waals surface area contributed by atoms with Crippen LogP contribution >= 0.6 is 0 Å². The molecule has 6 nitrogen and oxygen atoms in total. The van der Waals surface area contributed by atoms with Crippen molar-refractivity contribution >= 4 is 16.0 Å². The van der Waals surface area contributed by atoms with Gasteiger partial charge in [0.1, 0.15) is 11.4 Å². The summed E-state index contributed by atoms with van der Waals surface area (Å²) in [6.45, 7) is 1.88.